The molecule has 12 heteroatoms. The smallest absolute Gasteiger partial charge is 0.318 e. The Morgan fingerprint density at radius 3 is 2.51 bits per heavy atom. The van der Waals surface area contributed by atoms with E-state index in [4.69, 9.17) is 9.73 Å². The van der Waals surface area contributed by atoms with Crippen molar-refractivity contribution in [2.45, 2.75) is 18.9 Å². The topological polar surface area (TPSA) is 130 Å². The highest BCUT2D eigenvalue weighted by Crippen LogP contribution is 2.41. The lowest BCUT2D eigenvalue weighted by molar-refractivity contribution is -0.394. The fourth-order valence-electron chi connectivity index (χ4n) is 5.76. The average Bonchev–Trinajstić information content (AvgIpc) is 3.34. The first kappa shape index (κ1) is 28.6. The number of nitro benzene ring substituents is 2. The lowest BCUT2D eigenvalue weighted by Crippen LogP contribution is -2.38. The van der Waals surface area contributed by atoms with E-state index in [9.17, 15) is 25.0 Å². The molecule has 45 heavy (non-hydrogen) atoms. The first-order valence-electron chi connectivity index (χ1n) is 13.9. The Hall–Kier alpha value is -5.20. The average molecular weight is 682 g/mol. The van der Waals surface area contributed by atoms with Crippen LogP contribution >= 0.6 is 27.3 Å². The van der Waals surface area contributed by atoms with E-state index in [1.807, 2.05) is 36.4 Å². The van der Waals surface area contributed by atoms with E-state index < -0.39 is 21.2 Å². The maximum absolute atomic E-state index is 14.1. The Kier molecular flexibility index (Phi) is 7.22. The number of rotatable bonds is 6. The maximum atomic E-state index is 14.1. The number of halogens is 1. The highest BCUT2D eigenvalue weighted by molar-refractivity contribution is 9.10. The molecule has 5 aromatic rings. The molecule has 1 atom stereocenters. The van der Waals surface area contributed by atoms with Gasteiger partial charge >= 0.3 is 5.69 Å². The zero-order chi connectivity index (χ0) is 31.2. The quantitative estimate of drug-likeness (QED) is 0.145. The van der Waals surface area contributed by atoms with Crippen LogP contribution in [0.25, 0.3) is 11.8 Å². The number of hydrogen-bond donors (Lipinski definition) is 0. The molecule has 0 spiro atoms. The van der Waals surface area contributed by atoms with E-state index >= 15 is 0 Å². The molecule has 0 bridgehead atoms. The molecule has 0 radical (unpaired) electrons. The van der Waals surface area contributed by atoms with Crippen molar-refractivity contribution in [3.8, 4) is 11.5 Å². The van der Waals surface area contributed by atoms with Crippen molar-refractivity contribution in [2.75, 3.05) is 0 Å². The third-order valence-electron chi connectivity index (χ3n) is 7.79. The van der Waals surface area contributed by atoms with Gasteiger partial charge in [0.1, 0.15) is 5.75 Å². The highest BCUT2D eigenvalue weighted by Gasteiger charge is 2.32. The second-order valence-corrected chi connectivity index (χ2v) is 12.4. The second-order valence-electron chi connectivity index (χ2n) is 10.5. The van der Waals surface area contributed by atoms with Gasteiger partial charge in [0.25, 0.3) is 11.2 Å². The Labute approximate surface area is 267 Å². The van der Waals surface area contributed by atoms with Crippen LogP contribution in [0.15, 0.2) is 111 Å². The number of aromatic nitrogens is 1. The van der Waals surface area contributed by atoms with Crippen LogP contribution in [0.4, 0.5) is 11.4 Å². The van der Waals surface area contributed by atoms with Crippen LogP contribution in [0.1, 0.15) is 34.7 Å². The minimum atomic E-state index is -0.729. The highest BCUT2D eigenvalue weighted by atomic mass is 79.9. The Bertz CT molecular complexity index is 2260. The van der Waals surface area contributed by atoms with Gasteiger partial charge in [-0.1, -0.05) is 75.8 Å². The van der Waals surface area contributed by atoms with Crippen molar-refractivity contribution in [1.82, 2.24) is 4.57 Å². The van der Waals surface area contributed by atoms with Gasteiger partial charge in [-0.15, -0.1) is 0 Å². The Balaban J connectivity index is 1.32. The van der Waals surface area contributed by atoms with Crippen molar-refractivity contribution >= 4 is 50.4 Å². The summed E-state index contributed by atoms with van der Waals surface area (Å²) in [5, 5.41) is 22.7. The van der Waals surface area contributed by atoms with E-state index in [1.54, 1.807) is 34.9 Å². The molecule has 10 nitrogen and oxygen atoms in total. The van der Waals surface area contributed by atoms with Gasteiger partial charge in [-0.3, -0.25) is 29.6 Å². The number of nitro groups is 2. The van der Waals surface area contributed by atoms with Crippen LogP contribution in [0, 0.1) is 20.2 Å². The predicted octanol–water partition coefficient (Wildman–Crippen LogP) is 6.69. The number of thiazole rings is 1. The molecular weight excluding hydrogens is 660 g/mol. The second kappa shape index (κ2) is 11.4. The van der Waals surface area contributed by atoms with E-state index in [0.717, 1.165) is 51.8 Å². The van der Waals surface area contributed by atoms with Crippen molar-refractivity contribution in [2.24, 2.45) is 4.99 Å². The molecule has 1 aliphatic carbocycles. The van der Waals surface area contributed by atoms with Crippen LogP contribution in [-0.4, -0.2) is 14.4 Å². The zero-order valence-corrected chi connectivity index (χ0v) is 25.7. The van der Waals surface area contributed by atoms with Crippen molar-refractivity contribution in [1.29, 1.82) is 0 Å². The summed E-state index contributed by atoms with van der Waals surface area (Å²) in [7, 11) is 0. The normalized spacial score (nSPS) is 15.5. The van der Waals surface area contributed by atoms with Gasteiger partial charge in [0, 0.05) is 16.1 Å². The fraction of sp³-hybridized carbons (Fsp3) is 0.0909. The predicted molar refractivity (Wildman–Crippen MR) is 173 cm³/mol. The van der Waals surface area contributed by atoms with Crippen LogP contribution in [0.3, 0.4) is 0 Å². The summed E-state index contributed by atoms with van der Waals surface area (Å²) in [6.07, 6.45) is 3.40. The van der Waals surface area contributed by atoms with Crippen molar-refractivity contribution < 1.29 is 14.6 Å². The SMILES string of the molecule is O=c1/c(=C/c2cccc(Oc3ccc([N+](=O)[O-])cc3[N+](=O)[O-])c2)sc2n1[C@@H](c1ccc(Br)cc1)C1=C(N=2)c2ccccc2CC1. The number of aryl methyl sites for hydroxylation is 1. The summed E-state index contributed by atoms with van der Waals surface area (Å²) >= 11 is 4.82. The molecule has 0 fully saturated rings. The molecule has 0 saturated carbocycles. The van der Waals surface area contributed by atoms with Crippen molar-refractivity contribution in [3.05, 3.63) is 163 Å². The van der Waals surface area contributed by atoms with E-state index in [2.05, 4.69) is 28.1 Å². The summed E-state index contributed by atoms with van der Waals surface area (Å²) in [5.74, 6) is 0.135. The van der Waals surface area contributed by atoms with Crippen LogP contribution in [0.2, 0.25) is 0 Å². The number of ether oxygens (including phenoxy) is 1. The number of allylic oxidation sites excluding steroid dienone is 1. The third-order valence-corrected chi connectivity index (χ3v) is 9.30. The lowest BCUT2D eigenvalue weighted by Gasteiger charge is -2.30. The van der Waals surface area contributed by atoms with Crippen LogP contribution in [0.5, 0.6) is 11.5 Å². The molecular formula is C33H21BrN4O6S. The standard InChI is InChI=1S/C33H21BrN4O6S/c34-22-11-8-21(9-12-22)31-26-14-10-20-5-1-2-7-25(20)30(26)35-33-36(31)32(39)29(45-33)17-19-4-3-6-24(16-19)44-28-15-13-23(37(40)41)18-27(28)38(42)43/h1-9,11-13,15-18,31H,10,14H2/b29-17-/t31-/m0/s1. The van der Waals surface area contributed by atoms with Gasteiger partial charge in [-0.25, -0.2) is 4.99 Å². The molecule has 222 valence electrons. The molecule has 2 heterocycles. The third kappa shape index (κ3) is 5.28. The van der Waals surface area contributed by atoms with Crippen molar-refractivity contribution in [3.63, 3.8) is 0 Å². The van der Waals surface area contributed by atoms with Gasteiger partial charge in [0.05, 0.1) is 32.2 Å². The van der Waals surface area contributed by atoms with Gasteiger partial charge in [-0.05, 0) is 71.5 Å². The van der Waals surface area contributed by atoms with Crippen LogP contribution < -0.4 is 19.6 Å². The maximum Gasteiger partial charge on any atom is 0.318 e. The van der Waals surface area contributed by atoms with Crippen LogP contribution in [-0.2, 0) is 6.42 Å². The van der Waals surface area contributed by atoms with E-state index in [1.165, 1.54) is 23.0 Å². The molecule has 0 unspecified atom stereocenters. The molecule has 2 aliphatic rings. The summed E-state index contributed by atoms with van der Waals surface area (Å²) in [4.78, 5) is 41.0. The number of hydrogen-bond acceptors (Lipinski definition) is 8. The Morgan fingerprint density at radius 1 is 0.933 bits per heavy atom. The summed E-state index contributed by atoms with van der Waals surface area (Å²) in [6, 6.07) is 25.9. The molecule has 0 N–H and O–H groups in total. The van der Waals surface area contributed by atoms with Gasteiger partial charge in [-0.2, -0.15) is 0 Å². The molecule has 4 aromatic carbocycles. The number of nitrogens with zero attached hydrogens (tertiary/aromatic N) is 4. The molecule has 0 amide bonds. The minimum absolute atomic E-state index is 0.137. The van der Waals surface area contributed by atoms with Gasteiger partial charge < -0.3 is 4.74 Å². The van der Waals surface area contributed by atoms with Gasteiger partial charge in [0.15, 0.2) is 4.80 Å². The number of benzene rings is 4. The number of fused-ring (bicyclic) bond motifs is 3. The first-order valence-corrected chi connectivity index (χ1v) is 15.5. The first-order chi connectivity index (χ1) is 21.8. The monoisotopic (exact) mass is 680 g/mol. The molecule has 1 aliphatic heterocycles. The lowest BCUT2D eigenvalue weighted by atomic mass is 9.83. The number of non-ortho nitro benzene ring substituents is 1. The van der Waals surface area contributed by atoms with E-state index in [0.29, 0.717) is 14.9 Å². The largest absolute Gasteiger partial charge is 0.450 e. The summed E-state index contributed by atoms with van der Waals surface area (Å²) in [5.41, 5.74) is 4.86. The molecule has 1 aromatic heterocycles. The Morgan fingerprint density at radius 2 is 1.73 bits per heavy atom. The molecule has 7 rings (SSSR count). The summed E-state index contributed by atoms with van der Waals surface area (Å²) < 4.78 is 8.98. The fourth-order valence-corrected chi connectivity index (χ4v) is 7.03. The minimum Gasteiger partial charge on any atom is -0.450 e. The summed E-state index contributed by atoms with van der Waals surface area (Å²) in [6.45, 7) is 0. The van der Waals surface area contributed by atoms with E-state index in [-0.39, 0.29) is 23.1 Å². The van der Waals surface area contributed by atoms with Gasteiger partial charge in [0.2, 0.25) is 5.75 Å². The molecule has 0 saturated heterocycles. The zero-order valence-electron chi connectivity index (χ0n) is 23.3.